The number of nitrogens with one attached hydrogen (secondary N) is 1. The molecule has 0 amide bonds. The number of likely N-dealkylation sites (N-methyl/N-ethyl adjacent to an activating group) is 2. The van der Waals surface area contributed by atoms with Crippen LogP contribution in [0.3, 0.4) is 0 Å². The number of hydrogen-bond donors (Lipinski definition) is 1. The van der Waals surface area contributed by atoms with E-state index < -0.39 is 0 Å². The molecular weight excluding hydrogens is 571 g/mol. The quantitative estimate of drug-likeness (QED) is 0.0577. The first-order chi connectivity index (χ1) is 23.2. The van der Waals surface area contributed by atoms with E-state index in [2.05, 4.69) is 104 Å². The van der Waals surface area contributed by atoms with Crippen LogP contribution >= 0.6 is 0 Å². The molecule has 0 aliphatic carbocycles. The average molecular weight is 652 g/mol. The van der Waals surface area contributed by atoms with Gasteiger partial charge in [0.1, 0.15) is 0 Å². The molecule has 0 spiro atoms. The molecule has 1 heterocycles. The Labute approximate surface area is 295 Å². The van der Waals surface area contributed by atoms with Gasteiger partial charge in [0, 0.05) is 38.3 Å². The first-order valence-corrected chi connectivity index (χ1v) is 20.5. The highest BCUT2D eigenvalue weighted by Crippen LogP contribution is 2.15. The molecular formula is C44H81N3. The average Bonchev–Trinajstić information content (AvgIpc) is 3.07. The largest absolute Gasteiger partial charge is 0.312 e. The second-order valence-electron chi connectivity index (χ2n) is 14.4. The van der Waals surface area contributed by atoms with E-state index in [1.165, 1.54) is 161 Å². The van der Waals surface area contributed by atoms with Crippen LogP contribution in [0.5, 0.6) is 0 Å². The lowest BCUT2D eigenvalue weighted by atomic mass is 10.00. The molecule has 0 radical (unpaired) electrons. The van der Waals surface area contributed by atoms with Gasteiger partial charge in [-0.15, -0.1) is 0 Å². The third-order valence-electron chi connectivity index (χ3n) is 9.80. The minimum absolute atomic E-state index is 0.644. The number of nitrogens with zero attached hydrogens (tertiary/aromatic N) is 2. The van der Waals surface area contributed by atoms with Gasteiger partial charge in [-0.3, -0.25) is 4.90 Å². The van der Waals surface area contributed by atoms with Gasteiger partial charge in [-0.2, -0.15) is 0 Å². The number of unbranched alkanes of at least 4 members (excludes halogenated alkanes) is 15. The van der Waals surface area contributed by atoms with Crippen LogP contribution in [0.1, 0.15) is 168 Å². The van der Waals surface area contributed by atoms with Crippen molar-refractivity contribution in [2.75, 3.05) is 40.3 Å². The number of piperazine rings is 1. The van der Waals surface area contributed by atoms with E-state index in [1.54, 1.807) is 0 Å². The van der Waals surface area contributed by atoms with E-state index in [1.807, 2.05) is 0 Å². The topological polar surface area (TPSA) is 18.5 Å². The van der Waals surface area contributed by atoms with Gasteiger partial charge in [-0.05, 0) is 104 Å². The lowest BCUT2D eigenvalue weighted by molar-refractivity contribution is 0.110. The van der Waals surface area contributed by atoms with Crippen LogP contribution in [0.25, 0.3) is 0 Å². The number of allylic oxidation sites excluding steroid dienone is 10. The summed E-state index contributed by atoms with van der Waals surface area (Å²) in [5.74, 6) is 0. The molecule has 1 fully saturated rings. The number of rotatable bonds is 32. The van der Waals surface area contributed by atoms with Gasteiger partial charge in [-0.25, -0.2) is 0 Å². The van der Waals surface area contributed by atoms with Crippen molar-refractivity contribution >= 4 is 0 Å². The molecule has 3 heteroatoms. The molecule has 1 rings (SSSR count). The summed E-state index contributed by atoms with van der Waals surface area (Å²) in [5.41, 5.74) is 0. The van der Waals surface area contributed by atoms with E-state index in [9.17, 15) is 0 Å². The molecule has 0 aromatic carbocycles. The van der Waals surface area contributed by atoms with Gasteiger partial charge < -0.3 is 10.2 Å². The highest BCUT2D eigenvalue weighted by molar-refractivity contribution is 4.95. The van der Waals surface area contributed by atoms with Crippen molar-refractivity contribution in [3.63, 3.8) is 0 Å². The molecule has 2 unspecified atom stereocenters. The smallest absolute Gasteiger partial charge is 0.0345 e. The van der Waals surface area contributed by atoms with Crippen LogP contribution in [0.4, 0.5) is 0 Å². The van der Waals surface area contributed by atoms with Crippen molar-refractivity contribution in [1.82, 2.24) is 15.1 Å². The zero-order chi connectivity index (χ0) is 33.9. The van der Waals surface area contributed by atoms with E-state index in [0.29, 0.717) is 12.1 Å². The van der Waals surface area contributed by atoms with Crippen LogP contribution in [0.2, 0.25) is 0 Å². The maximum absolute atomic E-state index is 4.03. The fourth-order valence-corrected chi connectivity index (χ4v) is 6.45. The molecule has 0 aromatic heterocycles. The fraction of sp³-hybridized carbons (Fsp3) is 0.773. The SMILES string of the molecule is CCCCC/C=C\C/C=C\CC/C=C/CCCCC(CCCCCCCC/C=C\C/C=C\CCCCC)NCC1CN(C)CCN1C. The Morgan fingerprint density at radius 1 is 0.511 bits per heavy atom. The monoisotopic (exact) mass is 652 g/mol. The van der Waals surface area contributed by atoms with E-state index in [4.69, 9.17) is 0 Å². The predicted octanol–water partition coefficient (Wildman–Crippen LogP) is 12.4. The molecule has 2 atom stereocenters. The number of hydrogen-bond acceptors (Lipinski definition) is 3. The molecule has 47 heavy (non-hydrogen) atoms. The van der Waals surface area contributed by atoms with Crippen LogP contribution in [0.15, 0.2) is 60.8 Å². The zero-order valence-corrected chi connectivity index (χ0v) is 32.1. The van der Waals surface area contributed by atoms with Crippen molar-refractivity contribution in [2.24, 2.45) is 0 Å². The minimum atomic E-state index is 0.644. The van der Waals surface area contributed by atoms with Gasteiger partial charge in [0.2, 0.25) is 0 Å². The molecule has 1 aliphatic heterocycles. The Balaban J connectivity index is 2.19. The van der Waals surface area contributed by atoms with E-state index in [0.717, 1.165) is 19.4 Å². The summed E-state index contributed by atoms with van der Waals surface area (Å²) in [5, 5.41) is 4.03. The standard InChI is InChI=1S/C44H81N3/c1-5-7-9-11-13-15-17-19-21-23-25-27-29-31-33-35-37-43(45-41-44-42-46(3)39-40-47(44)4)38-36-34-32-30-28-26-24-22-20-18-16-14-12-10-8-6-2/h13-16,19-22,27,29,43-45H,5-12,17-18,23-26,28,30-42H2,1-4H3/b15-13-,16-14-,21-19-,22-20-,29-27+. The van der Waals surface area contributed by atoms with Gasteiger partial charge in [0.25, 0.3) is 0 Å². The Morgan fingerprint density at radius 2 is 0.936 bits per heavy atom. The second-order valence-corrected chi connectivity index (χ2v) is 14.4. The first kappa shape index (κ1) is 43.6. The highest BCUT2D eigenvalue weighted by atomic mass is 15.3. The summed E-state index contributed by atoms with van der Waals surface area (Å²) < 4.78 is 0. The highest BCUT2D eigenvalue weighted by Gasteiger charge is 2.22. The predicted molar refractivity (Wildman–Crippen MR) is 214 cm³/mol. The van der Waals surface area contributed by atoms with Gasteiger partial charge in [0.05, 0.1) is 0 Å². The van der Waals surface area contributed by atoms with E-state index in [-0.39, 0.29) is 0 Å². The summed E-state index contributed by atoms with van der Waals surface area (Å²) in [6.45, 7) is 9.26. The molecule has 0 aromatic rings. The molecule has 0 saturated carbocycles. The Kier molecular flexibility index (Phi) is 32.0. The van der Waals surface area contributed by atoms with Crippen molar-refractivity contribution in [1.29, 1.82) is 0 Å². The first-order valence-electron chi connectivity index (χ1n) is 20.5. The van der Waals surface area contributed by atoms with Crippen molar-refractivity contribution in [2.45, 2.75) is 180 Å². The summed E-state index contributed by atoms with van der Waals surface area (Å²) in [7, 11) is 4.59. The normalized spacial score (nSPS) is 17.6. The van der Waals surface area contributed by atoms with Crippen LogP contribution in [0, 0.1) is 0 Å². The van der Waals surface area contributed by atoms with E-state index >= 15 is 0 Å². The van der Waals surface area contributed by atoms with Crippen molar-refractivity contribution < 1.29 is 0 Å². The summed E-state index contributed by atoms with van der Waals surface area (Å²) in [6.07, 6.45) is 54.9. The molecule has 272 valence electrons. The molecule has 3 nitrogen and oxygen atoms in total. The minimum Gasteiger partial charge on any atom is -0.312 e. The molecule has 0 bridgehead atoms. The van der Waals surface area contributed by atoms with Crippen molar-refractivity contribution in [3.8, 4) is 0 Å². The summed E-state index contributed by atoms with van der Waals surface area (Å²) in [6, 6.07) is 1.32. The third-order valence-corrected chi connectivity index (χ3v) is 9.80. The lowest BCUT2D eigenvalue weighted by Gasteiger charge is -2.38. The maximum Gasteiger partial charge on any atom is 0.0345 e. The third kappa shape index (κ3) is 29.2. The molecule has 1 aliphatic rings. The molecule has 1 N–H and O–H groups in total. The van der Waals surface area contributed by atoms with Crippen LogP contribution in [-0.4, -0.2) is 62.2 Å². The Hall–Kier alpha value is -1.42. The van der Waals surface area contributed by atoms with Crippen LogP contribution < -0.4 is 5.32 Å². The Bertz CT molecular complexity index is 794. The zero-order valence-electron chi connectivity index (χ0n) is 32.1. The van der Waals surface area contributed by atoms with Crippen molar-refractivity contribution in [3.05, 3.63) is 60.8 Å². The second kappa shape index (κ2) is 34.4. The van der Waals surface area contributed by atoms with Gasteiger partial charge in [-0.1, -0.05) is 139 Å². The van der Waals surface area contributed by atoms with Gasteiger partial charge >= 0.3 is 0 Å². The van der Waals surface area contributed by atoms with Crippen LogP contribution in [-0.2, 0) is 0 Å². The summed E-state index contributed by atoms with van der Waals surface area (Å²) in [4.78, 5) is 5.06. The Morgan fingerprint density at radius 3 is 1.51 bits per heavy atom. The maximum atomic E-state index is 4.03. The molecule has 1 saturated heterocycles. The lowest BCUT2D eigenvalue weighted by Crippen LogP contribution is -2.54. The summed E-state index contributed by atoms with van der Waals surface area (Å²) >= 11 is 0. The van der Waals surface area contributed by atoms with Gasteiger partial charge in [0.15, 0.2) is 0 Å². The fourth-order valence-electron chi connectivity index (χ4n) is 6.45.